The van der Waals surface area contributed by atoms with Crippen molar-refractivity contribution in [1.82, 2.24) is 5.32 Å². The third-order valence-corrected chi connectivity index (χ3v) is 3.56. The normalized spacial score (nSPS) is 12.0. The summed E-state index contributed by atoms with van der Waals surface area (Å²) in [6.07, 6.45) is -0.847. The lowest BCUT2D eigenvalue weighted by Crippen LogP contribution is -2.28. The van der Waals surface area contributed by atoms with Crippen molar-refractivity contribution in [3.63, 3.8) is 0 Å². The van der Waals surface area contributed by atoms with Crippen molar-refractivity contribution in [3.05, 3.63) is 70.2 Å². The maximum absolute atomic E-state index is 12.1. The summed E-state index contributed by atoms with van der Waals surface area (Å²) < 4.78 is 5.05. The van der Waals surface area contributed by atoms with Gasteiger partial charge in [0.25, 0.3) is 5.91 Å². The van der Waals surface area contributed by atoms with E-state index in [9.17, 15) is 9.90 Å². The van der Waals surface area contributed by atoms with Crippen LogP contribution in [0.5, 0.6) is 0 Å². The van der Waals surface area contributed by atoms with Gasteiger partial charge < -0.3 is 15.2 Å². The standard InChI is InChI=1S/C17H18ClNO3/c1-22-11-12-5-4-6-13(9-12)17(21)19-10-16(20)14-7-2-3-8-15(14)18/h2-9,16,20H,10-11H2,1H3,(H,19,21)/t16-/m0/s1. The van der Waals surface area contributed by atoms with Crippen LogP contribution in [-0.2, 0) is 11.3 Å². The molecule has 5 heteroatoms. The lowest BCUT2D eigenvalue weighted by atomic mass is 10.1. The number of ether oxygens (including phenoxy) is 1. The van der Waals surface area contributed by atoms with E-state index >= 15 is 0 Å². The predicted octanol–water partition coefficient (Wildman–Crippen LogP) is 2.95. The highest BCUT2D eigenvalue weighted by Crippen LogP contribution is 2.21. The molecule has 0 radical (unpaired) electrons. The Balaban J connectivity index is 1.98. The number of halogens is 1. The quantitative estimate of drug-likeness (QED) is 0.860. The van der Waals surface area contributed by atoms with Gasteiger partial charge in [0.2, 0.25) is 0 Å². The number of hydrogen-bond acceptors (Lipinski definition) is 3. The Morgan fingerprint density at radius 1 is 1.27 bits per heavy atom. The van der Waals surface area contributed by atoms with Crippen molar-refractivity contribution < 1.29 is 14.6 Å². The zero-order valence-electron chi connectivity index (χ0n) is 12.3. The fourth-order valence-electron chi connectivity index (χ4n) is 2.12. The third-order valence-electron chi connectivity index (χ3n) is 3.22. The zero-order valence-corrected chi connectivity index (χ0v) is 13.0. The van der Waals surface area contributed by atoms with Crippen LogP contribution in [-0.4, -0.2) is 24.7 Å². The van der Waals surface area contributed by atoms with E-state index in [1.54, 1.807) is 49.6 Å². The van der Waals surface area contributed by atoms with E-state index in [-0.39, 0.29) is 12.5 Å². The Morgan fingerprint density at radius 2 is 2.05 bits per heavy atom. The van der Waals surface area contributed by atoms with Crippen LogP contribution in [0.2, 0.25) is 5.02 Å². The number of hydrogen-bond donors (Lipinski definition) is 2. The van der Waals surface area contributed by atoms with Crippen LogP contribution in [0.1, 0.15) is 27.6 Å². The summed E-state index contributed by atoms with van der Waals surface area (Å²) in [5, 5.41) is 13.3. The number of carbonyl (C=O) groups is 1. The van der Waals surface area contributed by atoms with Crippen LogP contribution in [0.3, 0.4) is 0 Å². The van der Waals surface area contributed by atoms with E-state index in [0.29, 0.717) is 22.8 Å². The van der Waals surface area contributed by atoms with Gasteiger partial charge in [0, 0.05) is 29.8 Å². The topological polar surface area (TPSA) is 58.6 Å². The largest absolute Gasteiger partial charge is 0.387 e. The molecule has 2 rings (SSSR count). The molecule has 0 saturated carbocycles. The molecule has 0 heterocycles. The fraction of sp³-hybridized carbons (Fsp3) is 0.235. The average Bonchev–Trinajstić information content (AvgIpc) is 2.53. The minimum atomic E-state index is -0.847. The number of nitrogens with one attached hydrogen (secondary N) is 1. The van der Waals surface area contributed by atoms with Crippen LogP contribution >= 0.6 is 11.6 Å². The molecule has 1 amide bonds. The first-order chi connectivity index (χ1) is 10.6. The van der Waals surface area contributed by atoms with Gasteiger partial charge in [0.1, 0.15) is 0 Å². The Morgan fingerprint density at radius 3 is 2.77 bits per heavy atom. The molecule has 0 aliphatic carbocycles. The fourth-order valence-corrected chi connectivity index (χ4v) is 2.38. The van der Waals surface area contributed by atoms with Gasteiger partial charge in [0.15, 0.2) is 0 Å². The molecule has 4 nitrogen and oxygen atoms in total. The third kappa shape index (κ3) is 4.31. The average molecular weight is 320 g/mol. The molecule has 0 aliphatic rings. The monoisotopic (exact) mass is 319 g/mol. The summed E-state index contributed by atoms with van der Waals surface area (Å²) >= 11 is 6.02. The van der Waals surface area contributed by atoms with E-state index in [1.807, 2.05) is 6.07 Å². The molecule has 2 aromatic rings. The summed E-state index contributed by atoms with van der Waals surface area (Å²) in [7, 11) is 1.60. The second-order valence-electron chi connectivity index (χ2n) is 4.88. The maximum Gasteiger partial charge on any atom is 0.251 e. The molecule has 0 unspecified atom stereocenters. The van der Waals surface area contributed by atoms with Crippen LogP contribution in [0.4, 0.5) is 0 Å². The second-order valence-corrected chi connectivity index (χ2v) is 5.29. The van der Waals surface area contributed by atoms with E-state index in [4.69, 9.17) is 16.3 Å². The number of amides is 1. The van der Waals surface area contributed by atoms with Gasteiger partial charge in [-0.15, -0.1) is 0 Å². The first-order valence-electron chi connectivity index (χ1n) is 6.90. The Bertz CT molecular complexity index is 645. The van der Waals surface area contributed by atoms with Crippen LogP contribution in [0.15, 0.2) is 48.5 Å². The van der Waals surface area contributed by atoms with Gasteiger partial charge in [-0.05, 0) is 23.8 Å². The number of aliphatic hydroxyl groups is 1. The number of aliphatic hydroxyl groups excluding tert-OH is 1. The van der Waals surface area contributed by atoms with Gasteiger partial charge in [-0.2, -0.15) is 0 Å². The maximum atomic E-state index is 12.1. The molecule has 116 valence electrons. The summed E-state index contributed by atoms with van der Waals surface area (Å²) in [6, 6.07) is 14.2. The molecule has 2 aromatic carbocycles. The summed E-state index contributed by atoms with van der Waals surface area (Å²) in [5.74, 6) is -0.246. The van der Waals surface area contributed by atoms with Crippen molar-refractivity contribution in [1.29, 1.82) is 0 Å². The number of carbonyl (C=O) groups excluding carboxylic acids is 1. The first kappa shape index (κ1) is 16.5. The van der Waals surface area contributed by atoms with E-state index in [2.05, 4.69) is 5.32 Å². The molecule has 0 fully saturated rings. The highest BCUT2D eigenvalue weighted by molar-refractivity contribution is 6.31. The highest BCUT2D eigenvalue weighted by atomic mass is 35.5. The minimum absolute atomic E-state index is 0.0943. The van der Waals surface area contributed by atoms with Crippen molar-refractivity contribution in [2.45, 2.75) is 12.7 Å². The molecule has 0 spiro atoms. The molecule has 2 N–H and O–H groups in total. The van der Waals surface area contributed by atoms with Crippen molar-refractivity contribution >= 4 is 17.5 Å². The van der Waals surface area contributed by atoms with E-state index < -0.39 is 6.10 Å². The molecule has 0 aromatic heterocycles. The van der Waals surface area contributed by atoms with Gasteiger partial charge in [-0.1, -0.05) is 41.9 Å². The molecule has 1 atom stereocenters. The second kappa shape index (κ2) is 7.94. The molecule has 0 bridgehead atoms. The Labute approximate surface area is 134 Å². The van der Waals surface area contributed by atoms with Gasteiger partial charge in [-0.3, -0.25) is 4.79 Å². The van der Waals surface area contributed by atoms with Gasteiger partial charge in [0.05, 0.1) is 12.7 Å². The lowest BCUT2D eigenvalue weighted by molar-refractivity contribution is 0.0916. The minimum Gasteiger partial charge on any atom is -0.387 e. The van der Waals surface area contributed by atoms with Crippen LogP contribution < -0.4 is 5.32 Å². The Kier molecular flexibility index (Phi) is 5.95. The SMILES string of the molecule is COCc1cccc(C(=O)NC[C@H](O)c2ccccc2Cl)c1. The van der Waals surface area contributed by atoms with Gasteiger partial charge >= 0.3 is 0 Å². The van der Waals surface area contributed by atoms with E-state index in [1.165, 1.54) is 0 Å². The first-order valence-corrected chi connectivity index (χ1v) is 7.28. The molecular formula is C17H18ClNO3. The van der Waals surface area contributed by atoms with Crippen molar-refractivity contribution in [3.8, 4) is 0 Å². The summed E-state index contributed by atoms with van der Waals surface area (Å²) in [4.78, 5) is 12.1. The van der Waals surface area contributed by atoms with Crippen LogP contribution in [0, 0.1) is 0 Å². The van der Waals surface area contributed by atoms with Crippen molar-refractivity contribution in [2.75, 3.05) is 13.7 Å². The van der Waals surface area contributed by atoms with E-state index in [0.717, 1.165) is 5.56 Å². The molecule has 22 heavy (non-hydrogen) atoms. The number of rotatable bonds is 6. The smallest absolute Gasteiger partial charge is 0.251 e. The lowest BCUT2D eigenvalue weighted by Gasteiger charge is -2.14. The molecule has 0 saturated heterocycles. The van der Waals surface area contributed by atoms with Crippen molar-refractivity contribution in [2.24, 2.45) is 0 Å². The Hall–Kier alpha value is -1.88. The number of benzene rings is 2. The summed E-state index contributed by atoms with van der Waals surface area (Å²) in [5.41, 5.74) is 2.04. The van der Waals surface area contributed by atoms with Gasteiger partial charge in [-0.25, -0.2) is 0 Å². The highest BCUT2D eigenvalue weighted by Gasteiger charge is 2.13. The number of methoxy groups -OCH3 is 1. The zero-order chi connectivity index (χ0) is 15.9. The predicted molar refractivity (Wildman–Crippen MR) is 85.9 cm³/mol. The van der Waals surface area contributed by atoms with Crippen LogP contribution in [0.25, 0.3) is 0 Å². The summed E-state index contributed by atoms with van der Waals surface area (Å²) in [6.45, 7) is 0.542. The molecular weight excluding hydrogens is 302 g/mol. The molecule has 0 aliphatic heterocycles.